The topological polar surface area (TPSA) is 114 Å². The van der Waals surface area contributed by atoms with E-state index in [2.05, 4.69) is 5.32 Å². The zero-order chi connectivity index (χ0) is 26.9. The molecule has 36 heavy (non-hydrogen) atoms. The number of carboxylic acid groups (broad SMARTS) is 1. The number of aliphatic hydroxyl groups is 1. The van der Waals surface area contributed by atoms with Crippen LogP contribution in [0.15, 0.2) is 30.3 Å². The van der Waals surface area contributed by atoms with Crippen molar-refractivity contribution in [1.29, 1.82) is 0 Å². The molecule has 0 bridgehead atoms. The van der Waals surface area contributed by atoms with Crippen LogP contribution in [0.3, 0.4) is 0 Å². The number of hydrogen-bond donors (Lipinski definition) is 4. The van der Waals surface area contributed by atoms with Crippen molar-refractivity contribution in [2.24, 2.45) is 0 Å². The maximum Gasteiger partial charge on any atom is 0.300 e. The summed E-state index contributed by atoms with van der Waals surface area (Å²) in [6.07, 6.45) is 3.52. The number of carboxylic acids is 1. The van der Waals surface area contributed by atoms with Crippen LogP contribution in [-0.2, 0) is 20.9 Å². The van der Waals surface area contributed by atoms with E-state index in [1.54, 1.807) is 24.3 Å². The number of unbranched alkanes of at least 4 members (excludes halogenated alkanes) is 3. The number of aliphatic carboxylic acids is 1. The molecule has 0 amide bonds. The standard InChI is InChI=1S/C23H30Cl4N2O3.C2H4O2/c24-18-6-5-7-19(25)17(18)15-32-11-10-31-9-4-2-1-3-8-29-14-22(30)16-12-20(26)23(28)21(27)13-16;1-2(3)4/h5-7,12-13,22,29-30H,1-4,8-11,14-15,28H2;1H3,(H,3,4)/t22-;/m0./s1. The van der Waals surface area contributed by atoms with Gasteiger partial charge in [0.1, 0.15) is 0 Å². The Morgan fingerprint density at radius 3 is 2.11 bits per heavy atom. The molecule has 2 rings (SSSR count). The van der Waals surface area contributed by atoms with E-state index < -0.39 is 12.1 Å². The van der Waals surface area contributed by atoms with Crippen molar-refractivity contribution < 1.29 is 24.5 Å². The molecule has 202 valence electrons. The zero-order valence-electron chi connectivity index (χ0n) is 20.2. The Kier molecular flexibility index (Phi) is 17.2. The lowest BCUT2D eigenvalue weighted by Gasteiger charge is -2.14. The van der Waals surface area contributed by atoms with Crippen molar-refractivity contribution >= 4 is 58.1 Å². The van der Waals surface area contributed by atoms with Gasteiger partial charge in [0.05, 0.1) is 41.7 Å². The maximum absolute atomic E-state index is 10.3. The second kappa shape index (κ2) is 18.9. The lowest BCUT2D eigenvalue weighted by molar-refractivity contribution is -0.134. The molecule has 5 N–H and O–H groups in total. The van der Waals surface area contributed by atoms with Gasteiger partial charge in [-0.15, -0.1) is 0 Å². The Labute approximate surface area is 232 Å². The summed E-state index contributed by atoms with van der Waals surface area (Å²) in [6, 6.07) is 8.70. The summed E-state index contributed by atoms with van der Waals surface area (Å²) < 4.78 is 11.2. The lowest BCUT2D eigenvalue weighted by atomic mass is 10.1. The zero-order valence-corrected chi connectivity index (χ0v) is 23.3. The molecule has 0 aliphatic rings. The van der Waals surface area contributed by atoms with E-state index in [9.17, 15) is 5.11 Å². The number of hydrogen-bond acceptors (Lipinski definition) is 6. The number of nitrogen functional groups attached to an aromatic ring is 1. The van der Waals surface area contributed by atoms with Crippen LogP contribution in [0.4, 0.5) is 5.69 Å². The van der Waals surface area contributed by atoms with Crippen molar-refractivity contribution in [2.75, 3.05) is 38.6 Å². The molecule has 2 aromatic carbocycles. The summed E-state index contributed by atoms with van der Waals surface area (Å²) >= 11 is 24.2. The molecule has 0 spiro atoms. The third-order valence-electron chi connectivity index (χ3n) is 4.90. The third-order valence-corrected chi connectivity index (χ3v) is 6.23. The van der Waals surface area contributed by atoms with Crippen LogP contribution in [0, 0.1) is 0 Å². The minimum absolute atomic E-state index is 0.329. The number of ether oxygens (including phenoxy) is 2. The van der Waals surface area contributed by atoms with Gasteiger partial charge < -0.3 is 30.7 Å². The van der Waals surface area contributed by atoms with Crippen LogP contribution >= 0.6 is 46.4 Å². The molecule has 0 fully saturated rings. The normalized spacial score (nSPS) is 11.6. The van der Waals surface area contributed by atoms with Crippen molar-refractivity contribution in [3.63, 3.8) is 0 Å². The SMILES string of the molecule is CC(=O)O.Nc1c(Cl)cc([C@@H](O)CNCCCCCCOCCOCc2c(Cl)cccc2Cl)cc1Cl. The fraction of sp³-hybridized carbons (Fsp3) is 0.480. The van der Waals surface area contributed by atoms with E-state index in [1.165, 1.54) is 0 Å². The maximum atomic E-state index is 10.3. The third kappa shape index (κ3) is 13.9. The highest BCUT2D eigenvalue weighted by molar-refractivity contribution is 6.39. The monoisotopic (exact) mass is 582 g/mol. The lowest BCUT2D eigenvalue weighted by Crippen LogP contribution is -2.22. The van der Waals surface area contributed by atoms with Crippen LogP contribution in [-0.4, -0.2) is 49.1 Å². The highest BCUT2D eigenvalue weighted by atomic mass is 35.5. The average molecular weight is 584 g/mol. The number of rotatable bonds is 15. The van der Waals surface area contributed by atoms with Gasteiger partial charge in [0.25, 0.3) is 5.97 Å². The van der Waals surface area contributed by atoms with Gasteiger partial charge in [-0.1, -0.05) is 65.3 Å². The van der Waals surface area contributed by atoms with E-state index >= 15 is 0 Å². The van der Waals surface area contributed by atoms with Gasteiger partial charge in [0.2, 0.25) is 0 Å². The van der Waals surface area contributed by atoms with Crippen LogP contribution in [0.1, 0.15) is 49.8 Å². The summed E-state index contributed by atoms with van der Waals surface area (Å²) in [4.78, 5) is 9.00. The Morgan fingerprint density at radius 1 is 0.944 bits per heavy atom. The quantitative estimate of drug-likeness (QED) is 0.142. The number of nitrogens with one attached hydrogen (secondary N) is 1. The molecule has 0 aliphatic carbocycles. The molecule has 11 heteroatoms. The summed E-state index contributed by atoms with van der Waals surface area (Å²) in [5.41, 5.74) is 7.50. The largest absolute Gasteiger partial charge is 0.481 e. The molecule has 7 nitrogen and oxygen atoms in total. The van der Waals surface area contributed by atoms with E-state index in [0.717, 1.165) is 44.7 Å². The van der Waals surface area contributed by atoms with Gasteiger partial charge in [-0.3, -0.25) is 4.79 Å². The highest BCUT2D eigenvalue weighted by Crippen LogP contribution is 2.31. The molecule has 0 aromatic heterocycles. The van der Waals surface area contributed by atoms with Crippen LogP contribution in [0.2, 0.25) is 20.1 Å². The molecule has 0 saturated heterocycles. The van der Waals surface area contributed by atoms with Crippen LogP contribution in [0.25, 0.3) is 0 Å². The number of anilines is 1. The van der Waals surface area contributed by atoms with Crippen molar-refractivity contribution in [1.82, 2.24) is 5.32 Å². The minimum atomic E-state index is -0.833. The molecular weight excluding hydrogens is 550 g/mol. The van der Waals surface area contributed by atoms with E-state index in [-0.39, 0.29) is 0 Å². The summed E-state index contributed by atoms with van der Waals surface area (Å²) in [6.45, 7) is 4.47. The molecule has 0 aliphatic heterocycles. The van der Waals surface area contributed by atoms with Crippen LogP contribution < -0.4 is 11.1 Å². The highest BCUT2D eigenvalue weighted by Gasteiger charge is 2.12. The molecular formula is C25H34Cl4N2O5. The summed E-state index contributed by atoms with van der Waals surface area (Å²) in [5.74, 6) is -0.833. The fourth-order valence-corrected chi connectivity index (χ4v) is 4.04. The van der Waals surface area contributed by atoms with Gasteiger partial charge in [-0.25, -0.2) is 0 Å². The summed E-state index contributed by atoms with van der Waals surface area (Å²) in [7, 11) is 0. The number of benzene rings is 2. The van der Waals surface area contributed by atoms with E-state index in [4.69, 9.17) is 71.5 Å². The van der Waals surface area contributed by atoms with Gasteiger partial charge >= 0.3 is 0 Å². The van der Waals surface area contributed by atoms with Gasteiger partial charge in [0.15, 0.2) is 0 Å². The predicted molar refractivity (Wildman–Crippen MR) is 147 cm³/mol. The molecule has 2 aromatic rings. The summed E-state index contributed by atoms with van der Waals surface area (Å²) in [5, 5.41) is 22.8. The molecule has 1 atom stereocenters. The van der Waals surface area contributed by atoms with Crippen molar-refractivity contribution in [3.8, 4) is 0 Å². The van der Waals surface area contributed by atoms with Crippen molar-refractivity contribution in [2.45, 2.75) is 45.3 Å². The predicted octanol–water partition coefficient (Wildman–Crippen LogP) is 6.39. The van der Waals surface area contributed by atoms with Gasteiger partial charge in [-0.2, -0.15) is 0 Å². The Bertz CT molecular complexity index is 886. The minimum Gasteiger partial charge on any atom is -0.481 e. The molecule has 0 radical (unpaired) electrons. The first-order valence-corrected chi connectivity index (χ1v) is 13.1. The average Bonchev–Trinajstić information content (AvgIpc) is 2.81. The molecule has 0 heterocycles. The molecule has 0 unspecified atom stereocenters. The molecule has 0 saturated carbocycles. The number of nitrogens with two attached hydrogens (primary N) is 1. The van der Waals surface area contributed by atoms with Gasteiger partial charge in [-0.05, 0) is 49.2 Å². The fourth-order valence-electron chi connectivity index (χ4n) is 3.02. The number of carbonyl (C=O) groups is 1. The number of aliphatic hydroxyl groups excluding tert-OH is 1. The Balaban J connectivity index is 0.00000150. The van der Waals surface area contributed by atoms with Crippen LogP contribution in [0.5, 0.6) is 0 Å². The van der Waals surface area contributed by atoms with E-state index in [1.807, 2.05) is 6.07 Å². The van der Waals surface area contributed by atoms with Crippen molar-refractivity contribution in [3.05, 3.63) is 61.5 Å². The Morgan fingerprint density at radius 2 is 1.50 bits per heavy atom. The first-order chi connectivity index (χ1) is 17.1. The van der Waals surface area contributed by atoms with E-state index in [0.29, 0.717) is 64.3 Å². The second-order valence-electron chi connectivity index (χ2n) is 7.92. The van der Waals surface area contributed by atoms with Gasteiger partial charge in [0, 0.05) is 35.7 Å². The number of halogens is 4. The smallest absolute Gasteiger partial charge is 0.300 e. The first kappa shape index (κ1) is 32.7. The first-order valence-electron chi connectivity index (χ1n) is 11.5. The Hall–Kier alpha value is -1.29. The second-order valence-corrected chi connectivity index (χ2v) is 9.55.